The van der Waals surface area contributed by atoms with Crippen molar-refractivity contribution < 1.29 is 19.2 Å². The fourth-order valence-corrected chi connectivity index (χ4v) is 26.2. The molecule has 0 unspecified atom stereocenters. The maximum absolute atomic E-state index is 14.7. The number of fused-ring (bicyclic) bond motifs is 1. The Kier molecular flexibility index (Phi) is 6.60. The summed E-state index contributed by atoms with van der Waals surface area (Å²) in [6.45, 7) is 4.47. The molecule has 0 fully saturated rings. The zero-order valence-electron chi connectivity index (χ0n) is 28.5. The van der Waals surface area contributed by atoms with Gasteiger partial charge in [0, 0.05) is 0 Å². The summed E-state index contributed by atoms with van der Waals surface area (Å²) >= 11 is -3.71. The van der Waals surface area contributed by atoms with Crippen molar-refractivity contribution in [2.75, 3.05) is 9.80 Å². The van der Waals surface area contributed by atoms with Gasteiger partial charge >= 0.3 is 300 Å². The molecule has 0 bridgehead atoms. The molecule has 0 saturated carbocycles. The minimum atomic E-state index is -3.71. The summed E-state index contributed by atoms with van der Waals surface area (Å²) < 4.78 is 4.75. The standard InChI is InChI=1S/C36H16N2O4.2C4H9.Sn/c39-33-25-15-11-21-23-13-17-27-32-28(36(42)38(35(27)41)20-9-5-2-6-10-20)18-14-24(30(23)32)22-12-16-26(31(25)29(21)22)34(40)37(33)19-7-3-1-4-8-19;2*1-3-4-2;/h1-11,13,15-18H;2*1,3-4H2,2H3;. The molecule has 3 aliphatic rings. The van der Waals surface area contributed by atoms with Crippen LogP contribution >= 0.6 is 0 Å². The Balaban J connectivity index is 1.36. The molecule has 0 saturated heterocycles. The van der Waals surface area contributed by atoms with Gasteiger partial charge in [-0.05, 0) is 0 Å². The number of para-hydroxylation sites is 2. The molecule has 0 radical (unpaired) electrons. The SMILES string of the molecule is CCC[CH2][Sn]1([CH2]CCC)[c]2cc3c4c(ccc5c6ccc7c8c(c[c]1c(c2c45)c86)C(=O)N(c1ccccc1)C7=O)C(=O)N(c1ccccc1)C3=O. The first-order valence-electron chi connectivity index (χ1n) is 18.1. The third-order valence-corrected chi connectivity index (χ3v) is 26.8. The van der Waals surface area contributed by atoms with E-state index in [0.29, 0.717) is 33.6 Å². The van der Waals surface area contributed by atoms with Crippen molar-refractivity contribution in [1.82, 2.24) is 0 Å². The van der Waals surface area contributed by atoms with Crippen LogP contribution in [0.1, 0.15) is 81.0 Å². The summed E-state index contributed by atoms with van der Waals surface area (Å²) in [6, 6.07) is 30.6. The third kappa shape index (κ3) is 3.83. The Bertz CT molecular complexity index is 2520. The van der Waals surface area contributed by atoms with Crippen molar-refractivity contribution in [1.29, 1.82) is 0 Å². The first kappa shape index (κ1) is 30.7. The fraction of sp³-hybridized carbons (Fsp3) is 0.182. The second kappa shape index (κ2) is 11.0. The molecule has 3 aliphatic heterocycles. The van der Waals surface area contributed by atoms with Gasteiger partial charge < -0.3 is 0 Å². The van der Waals surface area contributed by atoms with Gasteiger partial charge in [0.1, 0.15) is 0 Å². The van der Waals surface area contributed by atoms with Gasteiger partial charge in [0.15, 0.2) is 0 Å². The van der Waals surface area contributed by atoms with E-state index >= 15 is 0 Å². The van der Waals surface area contributed by atoms with Crippen LogP contribution < -0.4 is 17.0 Å². The average molecular weight is 773 g/mol. The summed E-state index contributed by atoms with van der Waals surface area (Å²) in [7, 11) is 0. The van der Waals surface area contributed by atoms with Gasteiger partial charge in [-0.25, -0.2) is 0 Å². The number of imide groups is 2. The van der Waals surface area contributed by atoms with Gasteiger partial charge in [0.05, 0.1) is 0 Å². The number of amides is 4. The number of carbonyl (C=O) groups excluding carboxylic acids is 4. The van der Waals surface area contributed by atoms with Crippen molar-refractivity contribution in [2.45, 2.75) is 48.4 Å². The Morgan fingerprint density at radius 1 is 0.451 bits per heavy atom. The predicted octanol–water partition coefficient (Wildman–Crippen LogP) is 8.82. The summed E-state index contributed by atoms with van der Waals surface area (Å²) in [5, 5.41) is 7.65. The molecular weight excluding hydrogens is 739 g/mol. The van der Waals surface area contributed by atoms with Crippen LogP contribution in [0.2, 0.25) is 8.87 Å². The van der Waals surface area contributed by atoms with E-state index in [0.717, 1.165) is 77.6 Å². The molecule has 4 amide bonds. The third-order valence-electron chi connectivity index (χ3n) is 11.8. The Morgan fingerprint density at radius 3 is 1.24 bits per heavy atom. The van der Waals surface area contributed by atoms with Crippen molar-refractivity contribution >= 4 is 104 Å². The predicted molar refractivity (Wildman–Crippen MR) is 207 cm³/mol. The number of nitrogens with zero attached hydrogens (tertiary/aromatic N) is 2. The maximum atomic E-state index is 14.7. The van der Waals surface area contributed by atoms with E-state index in [1.165, 1.54) is 17.0 Å². The fourth-order valence-electron chi connectivity index (χ4n) is 9.60. The van der Waals surface area contributed by atoms with Crippen LogP contribution in [0, 0.1) is 0 Å². The molecule has 0 N–H and O–H groups in total. The second-order valence-corrected chi connectivity index (χ2v) is 26.5. The number of hydrogen-bond acceptors (Lipinski definition) is 4. The molecule has 0 aromatic heterocycles. The number of carbonyl (C=O) groups is 4. The van der Waals surface area contributed by atoms with Crippen molar-refractivity contribution in [3.8, 4) is 0 Å². The first-order valence-corrected chi connectivity index (χ1v) is 25.0. The number of benzene rings is 7. The molecule has 0 aliphatic carbocycles. The molecular formula is C44H34N2O4Sn. The van der Waals surface area contributed by atoms with Gasteiger partial charge in [-0.2, -0.15) is 0 Å². The van der Waals surface area contributed by atoms with Crippen LogP contribution in [-0.2, 0) is 0 Å². The summed E-state index contributed by atoms with van der Waals surface area (Å²) in [5.41, 5.74) is 3.37. The summed E-state index contributed by atoms with van der Waals surface area (Å²) in [4.78, 5) is 60.6. The molecule has 3 heterocycles. The zero-order valence-corrected chi connectivity index (χ0v) is 31.4. The second-order valence-electron chi connectivity index (χ2n) is 14.4. The summed E-state index contributed by atoms with van der Waals surface area (Å²) in [5.74, 6) is -1.21. The van der Waals surface area contributed by atoms with E-state index in [4.69, 9.17) is 0 Å². The van der Waals surface area contributed by atoms with Gasteiger partial charge in [0.25, 0.3) is 0 Å². The van der Waals surface area contributed by atoms with Gasteiger partial charge in [-0.15, -0.1) is 0 Å². The zero-order chi connectivity index (χ0) is 34.8. The van der Waals surface area contributed by atoms with Gasteiger partial charge in [-0.3, -0.25) is 0 Å². The summed E-state index contributed by atoms with van der Waals surface area (Å²) in [6.07, 6.45) is 4.21. The van der Waals surface area contributed by atoms with E-state index in [1.54, 1.807) is 0 Å². The molecule has 6 nitrogen and oxygen atoms in total. The van der Waals surface area contributed by atoms with Crippen molar-refractivity contribution in [2.24, 2.45) is 0 Å². The molecule has 10 rings (SSSR count). The number of unbranched alkanes of at least 4 members (excludes halogenated alkanes) is 2. The van der Waals surface area contributed by atoms with Crippen LogP contribution in [0.25, 0.3) is 43.1 Å². The van der Waals surface area contributed by atoms with E-state index in [9.17, 15) is 19.2 Å². The first-order chi connectivity index (χ1) is 24.9. The van der Waals surface area contributed by atoms with E-state index in [1.807, 2.05) is 84.9 Å². The molecule has 7 aromatic carbocycles. The molecule has 51 heavy (non-hydrogen) atoms. The molecule has 0 atom stereocenters. The Morgan fingerprint density at radius 2 is 0.843 bits per heavy atom. The van der Waals surface area contributed by atoms with Crippen molar-refractivity contribution in [3.63, 3.8) is 0 Å². The van der Waals surface area contributed by atoms with Crippen LogP contribution in [0.3, 0.4) is 0 Å². The van der Waals surface area contributed by atoms with Crippen LogP contribution in [0.5, 0.6) is 0 Å². The van der Waals surface area contributed by atoms with Gasteiger partial charge in [0.2, 0.25) is 0 Å². The van der Waals surface area contributed by atoms with Crippen LogP contribution in [-0.4, -0.2) is 42.0 Å². The van der Waals surface area contributed by atoms with Crippen LogP contribution in [0.4, 0.5) is 11.4 Å². The molecule has 0 spiro atoms. The number of hydrogen-bond donors (Lipinski definition) is 0. The Hall–Kier alpha value is -5.08. The topological polar surface area (TPSA) is 74.8 Å². The number of anilines is 2. The van der Waals surface area contributed by atoms with Crippen LogP contribution in [0.15, 0.2) is 97.1 Å². The van der Waals surface area contributed by atoms with Gasteiger partial charge in [-0.1, -0.05) is 0 Å². The minimum absolute atomic E-state index is 0.287. The monoisotopic (exact) mass is 774 g/mol. The molecule has 7 aromatic rings. The van der Waals surface area contributed by atoms with Crippen molar-refractivity contribution in [3.05, 3.63) is 119 Å². The molecule has 248 valence electrons. The van der Waals surface area contributed by atoms with E-state index in [-0.39, 0.29) is 23.6 Å². The van der Waals surface area contributed by atoms with E-state index in [2.05, 4.69) is 26.0 Å². The quantitative estimate of drug-likeness (QED) is 0.0670. The molecule has 7 heteroatoms. The number of rotatable bonds is 8. The average Bonchev–Trinajstić information content (AvgIpc) is 3.44. The van der Waals surface area contributed by atoms with E-state index < -0.39 is 18.4 Å². The Labute approximate surface area is 298 Å². The normalized spacial score (nSPS) is 16.0.